The van der Waals surface area contributed by atoms with Crippen molar-refractivity contribution in [1.29, 1.82) is 0 Å². The second-order valence-corrected chi connectivity index (χ2v) is 5.93. The Labute approximate surface area is 137 Å². The zero-order valence-corrected chi connectivity index (χ0v) is 13.0. The number of carbonyl (C=O) groups is 1. The van der Waals surface area contributed by atoms with E-state index in [-0.39, 0.29) is 0 Å². The molecule has 0 aliphatic carbocycles. The van der Waals surface area contributed by atoms with Crippen molar-refractivity contribution in [3.05, 3.63) is 72.4 Å². The molecule has 0 spiro atoms. The lowest BCUT2D eigenvalue weighted by molar-refractivity contribution is -0.124. The number of nitrogens with one attached hydrogen (secondary N) is 1. The summed E-state index contributed by atoms with van der Waals surface area (Å²) in [7, 11) is 0. The number of hydroxylamine groups is 1. The zero-order chi connectivity index (χ0) is 16.1. The summed E-state index contributed by atoms with van der Waals surface area (Å²) in [6, 6.07) is 17.9. The van der Waals surface area contributed by atoms with Crippen molar-refractivity contribution in [2.24, 2.45) is 0 Å². The molecule has 2 aromatic carbocycles. The molecule has 0 aliphatic rings. The molecule has 5 heteroatoms. The maximum atomic E-state index is 11.0. The highest BCUT2D eigenvalue weighted by Gasteiger charge is 2.04. The summed E-state index contributed by atoms with van der Waals surface area (Å²) >= 11 is 1.65. The molecular formula is C18H14N2O2S. The minimum Gasteiger partial charge on any atom is -0.288 e. The average molecular weight is 322 g/mol. The van der Waals surface area contributed by atoms with Gasteiger partial charge in [-0.25, -0.2) is 5.48 Å². The van der Waals surface area contributed by atoms with Crippen molar-refractivity contribution in [2.75, 3.05) is 0 Å². The van der Waals surface area contributed by atoms with E-state index >= 15 is 0 Å². The molecule has 0 radical (unpaired) electrons. The Kier molecular flexibility index (Phi) is 4.71. The van der Waals surface area contributed by atoms with Gasteiger partial charge in [0.1, 0.15) is 0 Å². The van der Waals surface area contributed by atoms with Gasteiger partial charge in [0.25, 0.3) is 5.91 Å². The molecule has 1 amide bonds. The lowest BCUT2D eigenvalue weighted by atomic mass is 10.2. The van der Waals surface area contributed by atoms with Gasteiger partial charge in [-0.2, -0.15) is 0 Å². The van der Waals surface area contributed by atoms with E-state index in [1.165, 1.54) is 6.08 Å². The maximum absolute atomic E-state index is 11.0. The highest BCUT2D eigenvalue weighted by atomic mass is 32.2. The Morgan fingerprint density at radius 1 is 1.13 bits per heavy atom. The number of carbonyl (C=O) groups excluding carboxylic acids is 1. The summed E-state index contributed by atoms with van der Waals surface area (Å²) in [4.78, 5) is 17.6. The average Bonchev–Trinajstić information content (AvgIpc) is 2.60. The fourth-order valence-corrected chi connectivity index (χ4v) is 3.21. The second kappa shape index (κ2) is 7.09. The number of pyridine rings is 1. The molecule has 0 atom stereocenters. The largest absolute Gasteiger partial charge is 0.288 e. The minimum atomic E-state index is -0.553. The lowest BCUT2D eigenvalue weighted by Gasteiger charge is -2.06. The van der Waals surface area contributed by atoms with Crippen LogP contribution in [0.1, 0.15) is 5.56 Å². The molecule has 4 nitrogen and oxygen atoms in total. The van der Waals surface area contributed by atoms with Gasteiger partial charge >= 0.3 is 0 Å². The van der Waals surface area contributed by atoms with E-state index in [4.69, 9.17) is 5.21 Å². The monoisotopic (exact) mass is 322 g/mol. The van der Waals surface area contributed by atoms with Crippen LogP contribution < -0.4 is 5.48 Å². The normalized spacial score (nSPS) is 11.0. The van der Waals surface area contributed by atoms with E-state index in [1.807, 2.05) is 42.5 Å². The van der Waals surface area contributed by atoms with Gasteiger partial charge < -0.3 is 0 Å². The number of hydrogen-bond donors (Lipinski definition) is 2. The van der Waals surface area contributed by atoms with E-state index in [0.717, 1.165) is 26.3 Å². The standard InChI is InChI=1S/C18H14N2O2S/c21-18(20-22)10-9-13-4-1-5-14(12-13)23-17-8-2-7-16-15(17)6-3-11-19-16/h1-12,22H,(H,20,21)/b10-9+. The van der Waals surface area contributed by atoms with E-state index in [9.17, 15) is 4.79 Å². The Bertz CT molecular complexity index is 872. The molecule has 0 fully saturated rings. The van der Waals surface area contributed by atoms with Crippen LogP contribution in [0.15, 0.2) is 76.7 Å². The topological polar surface area (TPSA) is 62.2 Å². The first-order chi connectivity index (χ1) is 11.3. The quantitative estimate of drug-likeness (QED) is 0.434. The molecule has 1 heterocycles. The first-order valence-electron chi connectivity index (χ1n) is 7.00. The van der Waals surface area contributed by atoms with Crippen LogP contribution in [0.25, 0.3) is 17.0 Å². The predicted octanol–water partition coefficient (Wildman–Crippen LogP) is 3.90. The molecule has 23 heavy (non-hydrogen) atoms. The van der Waals surface area contributed by atoms with Gasteiger partial charge in [-0.1, -0.05) is 36.0 Å². The van der Waals surface area contributed by atoms with Crippen molar-refractivity contribution in [2.45, 2.75) is 9.79 Å². The van der Waals surface area contributed by atoms with Crippen LogP contribution in [0.2, 0.25) is 0 Å². The Hall–Kier alpha value is -2.63. The number of aromatic nitrogens is 1. The molecule has 1 aromatic heterocycles. The third kappa shape index (κ3) is 3.77. The lowest BCUT2D eigenvalue weighted by Crippen LogP contribution is -2.14. The first-order valence-corrected chi connectivity index (χ1v) is 7.82. The fourth-order valence-electron chi connectivity index (χ4n) is 2.18. The van der Waals surface area contributed by atoms with Gasteiger partial charge in [-0.15, -0.1) is 0 Å². The van der Waals surface area contributed by atoms with Crippen LogP contribution in [0, 0.1) is 0 Å². The van der Waals surface area contributed by atoms with Crippen molar-refractivity contribution in [3.63, 3.8) is 0 Å². The molecule has 0 bridgehead atoms. The van der Waals surface area contributed by atoms with Crippen LogP contribution in [0.3, 0.4) is 0 Å². The Morgan fingerprint density at radius 2 is 2.00 bits per heavy atom. The van der Waals surface area contributed by atoms with Crippen molar-refractivity contribution >= 4 is 34.6 Å². The number of hydrogen-bond acceptors (Lipinski definition) is 4. The van der Waals surface area contributed by atoms with Gasteiger partial charge in [0.15, 0.2) is 0 Å². The van der Waals surface area contributed by atoms with Crippen molar-refractivity contribution in [1.82, 2.24) is 10.5 Å². The molecule has 0 unspecified atom stereocenters. The highest BCUT2D eigenvalue weighted by molar-refractivity contribution is 7.99. The molecule has 114 valence electrons. The van der Waals surface area contributed by atoms with E-state index in [0.29, 0.717) is 0 Å². The molecule has 3 rings (SSSR count). The molecule has 0 aliphatic heterocycles. The molecule has 3 aromatic rings. The predicted molar refractivity (Wildman–Crippen MR) is 91.3 cm³/mol. The smallest absolute Gasteiger partial charge is 0.267 e. The summed E-state index contributed by atoms with van der Waals surface area (Å²) < 4.78 is 0. The third-order valence-corrected chi connectivity index (χ3v) is 4.29. The third-order valence-electron chi connectivity index (χ3n) is 3.23. The second-order valence-electron chi connectivity index (χ2n) is 4.81. The van der Waals surface area contributed by atoms with Gasteiger partial charge in [0, 0.05) is 27.5 Å². The summed E-state index contributed by atoms with van der Waals surface area (Å²) in [5.41, 5.74) is 3.42. The molecular weight excluding hydrogens is 308 g/mol. The first kappa shape index (κ1) is 15.3. The molecule has 2 N–H and O–H groups in total. The Morgan fingerprint density at radius 3 is 2.87 bits per heavy atom. The van der Waals surface area contributed by atoms with Crippen molar-refractivity contribution in [3.8, 4) is 0 Å². The van der Waals surface area contributed by atoms with Gasteiger partial charge in [-0.05, 0) is 42.0 Å². The summed E-state index contributed by atoms with van der Waals surface area (Å²) in [5.74, 6) is -0.553. The minimum absolute atomic E-state index is 0.553. The molecule has 0 saturated heterocycles. The maximum Gasteiger partial charge on any atom is 0.267 e. The number of amides is 1. The van der Waals surface area contributed by atoms with Gasteiger partial charge in [-0.3, -0.25) is 15.0 Å². The van der Waals surface area contributed by atoms with Crippen LogP contribution >= 0.6 is 11.8 Å². The van der Waals surface area contributed by atoms with Crippen LogP contribution in [0.4, 0.5) is 0 Å². The number of nitrogens with zero attached hydrogens (tertiary/aromatic N) is 1. The summed E-state index contributed by atoms with van der Waals surface area (Å²) in [6.45, 7) is 0. The fraction of sp³-hybridized carbons (Fsp3) is 0. The van der Waals surface area contributed by atoms with Crippen molar-refractivity contribution < 1.29 is 10.0 Å². The number of rotatable bonds is 4. The van der Waals surface area contributed by atoms with Crippen LogP contribution in [-0.2, 0) is 4.79 Å². The van der Waals surface area contributed by atoms with E-state index in [2.05, 4.69) is 17.1 Å². The SMILES string of the molecule is O=C(/C=C/c1cccc(Sc2cccc3ncccc23)c1)NO. The zero-order valence-electron chi connectivity index (χ0n) is 12.1. The summed E-state index contributed by atoms with van der Waals surface area (Å²) in [5, 5.41) is 9.61. The number of fused-ring (bicyclic) bond motifs is 1. The van der Waals surface area contributed by atoms with E-state index < -0.39 is 5.91 Å². The number of benzene rings is 2. The van der Waals surface area contributed by atoms with Crippen LogP contribution in [0.5, 0.6) is 0 Å². The van der Waals surface area contributed by atoms with E-state index in [1.54, 1.807) is 29.5 Å². The Balaban J connectivity index is 1.88. The highest BCUT2D eigenvalue weighted by Crippen LogP contribution is 2.33. The molecule has 0 saturated carbocycles. The van der Waals surface area contributed by atoms with Gasteiger partial charge in [0.2, 0.25) is 0 Å². The van der Waals surface area contributed by atoms with Crippen LogP contribution in [-0.4, -0.2) is 16.1 Å². The summed E-state index contributed by atoms with van der Waals surface area (Å²) in [6.07, 6.45) is 4.72. The van der Waals surface area contributed by atoms with Gasteiger partial charge in [0.05, 0.1) is 5.52 Å².